The molecule has 7 nitrogen and oxygen atoms in total. The SMILES string of the molecule is O=C(/C=C/c1ccccc1)C1=C(O)C(=O)N(c2ccccc2)[C@@H]1c1ccc([N+](=O)[O-])cc1. The number of rotatable bonds is 6. The van der Waals surface area contributed by atoms with E-state index in [4.69, 9.17) is 0 Å². The minimum absolute atomic E-state index is 0.0834. The second-order valence-electron chi connectivity index (χ2n) is 7.13. The van der Waals surface area contributed by atoms with Crippen molar-refractivity contribution in [2.45, 2.75) is 6.04 Å². The number of allylic oxidation sites excluding steroid dienone is 1. The highest BCUT2D eigenvalue weighted by Gasteiger charge is 2.43. The van der Waals surface area contributed by atoms with Gasteiger partial charge in [0.1, 0.15) is 0 Å². The molecule has 0 aromatic heterocycles. The molecule has 3 aromatic rings. The third-order valence-corrected chi connectivity index (χ3v) is 5.15. The van der Waals surface area contributed by atoms with Crippen LogP contribution in [0.2, 0.25) is 0 Å². The van der Waals surface area contributed by atoms with Gasteiger partial charge in [0.05, 0.1) is 16.5 Å². The van der Waals surface area contributed by atoms with Gasteiger partial charge in [-0.15, -0.1) is 0 Å². The fourth-order valence-electron chi connectivity index (χ4n) is 3.63. The van der Waals surface area contributed by atoms with Gasteiger partial charge >= 0.3 is 0 Å². The minimum Gasteiger partial charge on any atom is -0.503 e. The molecule has 0 radical (unpaired) electrons. The lowest BCUT2D eigenvalue weighted by Gasteiger charge is -2.26. The van der Waals surface area contributed by atoms with Gasteiger partial charge in [0.15, 0.2) is 11.5 Å². The largest absolute Gasteiger partial charge is 0.503 e. The van der Waals surface area contributed by atoms with E-state index in [1.54, 1.807) is 36.4 Å². The minimum atomic E-state index is -0.932. The van der Waals surface area contributed by atoms with Crippen LogP contribution in [0.3, 0.4) is 0 Å². The van der Waals surface area contributed by atoms with Gasteiger partial charge in [-0.1, -0.05) is 54.6 Å². The lowest BCUT2D eigenvalue weighted by atomic mass is 9.95. The second-order valence-corrected chi connectivity index (χ2v) is 7.13. The van der Waals surface area contributed by atoms with E-state index in [-0.39, 0.29) is 11.3 Å². The summed E-state index contributed by atoms with van der Waals surface area (Å²) >= 11 is 0. The number of carbonyl (C=O) groups excluding carboxylic acids is 2. The molecule has 1 amide bonds. The van der Waals surface area contributed by atoms with E-state index in [1.165, 1.54) is 35.2 Å². The van der Waals surface area contributed by atoms with Crippen molar-refractivity contribution >= 4 is 29.1 Å². The highest BCUT2D eigenvalue weighted by molar-refractivity contribution is 6.19. The predicted molar refractivity (Wildman–Crippen MR) is 120 cm³/mol. The Morgan fingerprint density at radius 2 is 1.53 bits per heavy atom. The Morgan fingerprint density at radius 3 is 2.12 bits per heavy atom. The Hall–Kier alpha value is -4.52. The van der Waals surface area contributed by atoms with Gasteiger partial charge in [0.25, 0.3) is 11.6 Å². The Bertz CT molecular complexity index is 1230. The lowest BCUT2D eigenvalue weighted by molar-refractivity contribution is -0.384. The molecule has 0 aliphatic carbocycles. The summed E-state index contributed by atoms with van der Waals surface area (Å²) in [7, 11) is 0. The van der Waals surface area contributed by atoms with Gasteiger partial charge in [-0.25, -0.2) is 0 Å². The van der Waals surface area contributed by atoms with E-state index in [0.717, 1.165) is 5.56 Å². The maximum Gasteiger partial charge on any atom is 0.294 e. The highest BCUT2D eigenvalue weighted by atomic mass is 16.6. The van der Waals surface area contributed by atoms with Crippen LogP contribution in [0.1, 0.15) is 17.2 Å². The van der Waals surface area contributed by atoms with Gasteiger partial charge in [-0.05, 0) is 41.5 Å². The van der Waals surface area contributed by atoms with Crippen LogP contribution in [-0.2, 0) is 9.59 Å². The number of benzene rings is 3. The molecule has 3 aromatic carbocycles. The highest BCUT2D eigenvalue weighted by Crippen LogP contribution is 2.41. The fourth-order valence-corrected chi connectivity index (χ4v) is 3.63. The lowest BCUT2D eigenvalue weighted by Crippen LogP contribution is -2.30. The molecule has 158 valence electrons. The molecular weight excluding hydrogens is 408 g/mol. The summed E-state index contributed by atoms with van der Waals surface area (Å²) in [4.78, 5) is 37.9. The molecule has 1 aliphatic rings. The van der Waals surface area contributed by atoms with Gasteiger partial charge in [-0.2, -0.15) is 0 Å². The first-order valence-corrected chi connectivity index (χ1v) is 9.81. The maximum absolute atomic E-state index is 13.1. The molecule has 7 heteroatoms. The molecule has 1 N–H and O–H groups in total. The van der Waals surface area contributed by atoms with Crippen LogP contribution < -0.4 is 4.90 Å². The Kier molecular flexibility index (Phi) is 5.63. The number of aliphatic hydroxyl groups excluding tert-OH is 1. The maximum atomic E-state index is 13.1. The van der Waals surface area contributed by atoms with Crippen molar-refractivity contribution in [1.82, 2.24) is 0 Å². The summed E-state index contributed by atoms with van der Waals surface area (Å²) in [6.45, 7) is 0. The van der Waals surface area contributed by atoms with E-state index < -0.39 is 28.4 Å². The Morgan fingerprint density at radius 1 is 0.938 bits per heavy atom. The van der Waals surface area contributed by atoms with Crippen LogP contribution in [0, 0.1) is 10.1 Å². The van der Waals surface area contributed by atoms with Crippen LogP contribution in [0.4, 0.5) is 11.4 Å². The third kappa shape index (κ3) is 3.91. The zero-order valence-electron chi connectivity index (χ0n) is 16.8. The number of carbonyl (C=O) groups is 2. The van der Waals surface area contributed by atoms with Crippen LogP contribution in [0.5, 0.6) is 0 Å². The van der Waals surface area contributed by atoms with E-state index in [9.17, 15) is 24.8 Å². The first-order valence-electron chi connectivity index (χ1n) is 9.81. The average Bonchev–Trinajstić information content (AvgIpc) is 3.09. The molecule has 0 unspecified atom stereocenters. The number of hydrogen-bond donors (Lipinski definition) is 1. The smallest absolute Gasteiger partial charge is 0.294 e. The molecule has 0 saturated heterocycles. The van der Waals surface area contributed by atoms with Gasteiger partial charge in [0.2, 0.25) is 0 Å². The van der Waals surface area contributed by atoms with Crippen molar-refractivity contribution in [1.29, 1.82) is 0 Å². The van der Waals surface area contributed by atoms with Crippen molar-refractivity contribution in [3.05, 3.63) is 124 Å². The molecule has 0 spiro atoms. The number of hydrogen-bond acceptors (Lipinski definition) is 5. The van der Waals surface area contributed by atoms with E-state index in [1.807, 2.05) is 30.3 Å². The van der Waals surface area contributed by atoms with Crippen LogP contribution >= 0.6 is 0 Å². The topological polar surface area (TPSA) is 101 Å². The van der Waals surface area contributed by atoms with Gasteiger partial charge in [0, 0.05) is 17.8 Å². The fraction of sp³-hybridized carbons (Fsp3) is 0.0400. The molecule has 1 atom stereocenters. The van der Waals surface area contributed by atoms with Gasteiger partial charge in [-0.3, -0.25) is 24.6 Å². The summed E-state index contributed by atoms with van der Waals surface area (Å²) < 4.78 is 0. The number of anilines is 1. The number of nitro benzene ring substituents is 1. The summed E-state index contributed by atoms with van der Waals surface area (Å²) in [6, 6.07) is 22.4. The number of para-hydroxylation sites is 1. The first kappa shape index (κ1) is 20.7. The van der Waals surface area contributed by atoms with Crippen LogP contribution in [-0.4, -0.2) is 21.7 Å². The molecule has 4 rings (SSSR count). The Labute approximate surface area is 183 Å². The van der Waals surface area contributed by atoms with Crippen molar-refractivity contribution in [2.24, 2.45) is 0 Å². The summed E-state index contributed by atoms with van der Waals surface area (Å²) in [5, 5.41) is 21.7. The molecule has 1 aliphatic heterocycles. The van der Waals surface area contributed by atoms with Crippen LogP contribution in [0.15, 0.2) is 102 Å². The Balaban J connectivity index is 1.78. The molecule has 1 heterocycles. The number of amides is 1. The monoisotopic (exact) mass is 426 g/mol. The zero-order valence-corrected chi connectivity index (χ0v) is 16.8. The quantitative estimate of drug-likeness (QED) is 0.347. The molecule has 0 saturated carbocycles. The molecule has 0 bridgehead atoms. The molecule has 0 fully saturated rings. The molecular formula is C25H18N2O5. The third-order valence-electron chi connectivity index (χ3n) is 5.15. The second kappa shape index (κ2) is 8.69. The summed E-state index contributed by atoms with van der Waals surface area (Å²) in [5.41, 5.74) is 1.54. The number of non-ortho nitro benzene ring substituents is 1. The van der Waals surface area contributed by atoms with Gasteiger partial charge < -0.3 is 5.11 Å². The zero-order chi connectivity index (χ0) is 22.7. The van der Waals surface area contributed by atoms with E-state index >= 15 is 0 Å². The predicted octanol–water partition coefficient (Wildman–Crippen LogP) is 4.78. The molecule has 32 heavy (non-hydrogen) atoms. The number of aliphatic hydroxyl groups is 1. The van der Waals surface area contributed by atoms with Crippen LogP contribution in [0.25, 0.3) is 6.08 Å². The number of ketones is 1. The van der Waals surface area contributed by atoms with E-state index in [0.29, 0.717) is 11.3 Å². The van der Waals surface area contributed by atoms with E-state index in [2.05, 4.69) is 0 Å². The van der Waals surface area contributed by atoms with Crippen molar-refractivity contribution < 1.29 is 19.6 Å². The van der Waals surface area contributed by atoms with Crippen molar-refractivity contribution in [2.75, 3.05) is 4.90 Å². The number of nitro groups is 1. The number of nitrogens with zero attached hydrogens (tertiary/aromatic N) is 2. The first-order chi connectivity index (χ1) is 15.5. The average molecular weight is 426 g/mol. The van der Waals surface area contributed by atoms with Crippen molar-refractivity contribution in [3.63, 3.8) is 0 Å². The summed E-state index contributed by atoms with van der Waals surface area (Å²) in [6.07, 6.45) is 2.91. The standard InChI is InChI=1S/C25H18N2O5/c28-21(16-11-17-7-3-1-4-8-17)22-23(18-12-14-20(15-13-18)27(31)32)26(25(30)24(22)29)19-9-5-2-6-10-19/h1-16,23,29H/b16-11+/t23-/m1/s1. The summed E-state index contributed by atoms with van der Waals surface area (Å²) in [5.74, 6) is -1.88. The normalized spacial score (nSPS) is 16.1. The van der Waals surface area contributed by atoms with Crippen molar-refractivity contribution in [3.8, 4) is 0 Å².